The van der Waals surface area contributed by atoms with Crippen LogP contribution in [0.4, 0.5) is 0 Å². The molecule has 50 valence electrons. The summed E-state index contributed by atoms with van der Waals surface area (Å²) in [7, 11) is 3.31. The Morgan fingerprint density at radius 3 is 1.88 bits per heavy atom. The summed E-state index contributed by atoms with van der Waals surface area (Å²) in [5, 5.41) is 1.35. The largest absolute Gasteiger partial charge is 0.369 e. The normalized spacial score (nSPS) is 8.00. The maximum absolute atomic E-state index is 9.99. The van der Waals surface area contributed by atoms with Gasteiger partial charge in [-0.15, -0.1) is 5.06 Å². The van der Waals surface area contributed by atoms with Crippen LogP contribution in [-0.2, 0) is 9.63 Å². The number of nitrogens with zero attached hydrogens (tertiary/aromatic N) is 1. The van der Waals surface area contributed by atoms with E-state index in [-0.39, 0.29) is 12.1 Å². The van der Waals surface area contributed by atoms with E-state index in [9.17, 15) is 4.79 Å². The zero-order chi connectivity index (χ0) is 5.86. The third kappa shape index (κ3) is 9.04. The van der Waals surface area contributed by atoms with Gasteiger partial charge in [-0.1, -0.05) is 0 Å². The Labute approximate surface area is 49.0 Å². The van der Waals surface area contributed by atoms with E-state index < -0.39 is 0 Å². The Kier molecular flexibility index (Phi) is 5.90. The van der Waals surface area contributed by atoms with Crippen LogP contribution in [0.5, 0.6) is 0 Å². The molecular weight excluding hydrogens is 108 g/mol. The highest BCUT2D eigenvalue weighted by Gasteiger charge is 1.90. The molecule has 0 bridgehead atoms. The number of hydrogen-bond acceptors (Lipinski definition) is 4. The molecule has 0 unspecified atom stereocenters. The average molecular weight is 120 g/mol. The van der Waals surface area contributed by atoms with Crippen LogP contribution in [-0.4, -0.2) is 25.1 Å². The van der Waals surface area contributed by atoms with Crippen molar-refractivity contribution in [3.05, 3.63) is 0 Å². The number of hydroxylamine groups is 2. The van der Waals surface area contributed by atoms with Gasteiger partial charge in [0.2, 0.25) is 0 Å². The van der Waals surface area contributed by atoms with Crippen LogP contribution in [0.1, 0.15) is 6.92 Å². The predicted octanol–water partition coefficient (Wildman–Crippen LogP) is 0.188. The minimum absolute atomic E-state index is 0. The molecule has 4 heteroatoms. The molecular formula is C4H12N2O2. The van der Waals surface area contributed by atoms with Crippen LogP contribution in [0.15, 0.2) is 0 Å². The van der Waals surface area contributed by atoms with Gasteiger partial charge in [-0.05, 0) is 0 Å². The lowest BCUT2D eigenvalue weighted by atomic mass is 10.8. The van der Waals surface area contributed by atoms with Crippen molar-refractivity contribution in [1.82, 2.24) is 11.2 Å². The predicted molar refractivity (Wildman–Crippen MR) is 30.5 cm³/mol. The van der Waals surface area contributed by atoms with E-state index in [1.54, 1.807) is 14.1 Å². The molecule has 0 radical (unpaired) electrons. The van der Waals surface area contributed by atoms with Crippen molar-refractivity contribution in [1.29, 1.82) is 0 Å². The van der Waals surface area contributed by atoms with Crippen molar-refractivity contribution in [2.24, 2.45) is 0 Å². The molecule has 3 N–H and O–H groups in total. The Hall–Kier alpha value is -0.610. The van der Waals surface area contributed by atoms with Crippen LogP contribution in [0.2, 0.25) is 0 Å². The molecule has 0 aromatic rings. The van der Waals surface area contributed by atoms with E-state index in [1.165, 1.54) is 12.0 Å². The zero-order valence-corrected chi connectivity index (χ0v) is 5.47. The lowest BCUT2D eigenvalue weighted by molar-refractivity contribution is -0.175. The highest BCUT2D eigenvalue weighted by atomic mass is 16.7. The van der Waals surface area contributed by atoms with E-state index in [0.29, 0.717) is 0 Å². The summed E-state index contributed by atoms with van der Waals surface area (Å²) < 4.78 is 0. The van der Waals surface area contributed by atoms with Gasteiger partial charge in [0.25, 0.3) is 0 Å². The molecule has 4 nitrogen and oxygen atoms in total. The average Bonchev–Trinajstić information content (AvgIpc) is 1.27. The maximum atomic E-state index is 9.99. The number of hydrogen-bond donors (Lipinski definition) is 1. The first-order chi connectivity index (χ1) is 3.13. The Balaban J connectivity index is 0. The summed E-state index contributed by atoms with van der Waals surface area (Å²) in [6.07, 6.45) is 0. The second kappa shape index (κ2) is 4.55. The fraction of sp³-hybridized carbons (Fsp3) is 0.750. The molecule has 0 saturated heterocycles. The molecule has 0 aromatic heterocycles. The Morgan fingerprint density at radius 2 is 1.88 bits per heavy atom. The van der Waals surface area contributed by atoms with Crippen LogP contribution in [0, 0.1) is 0 Å². The topological polar surface area (TPSA) is 64.5 Å². The molecule has 0 rings (SSSR count). The van der Waals surface area contributed by atoms with Crippen LogP contribution in [0.25, 0.3) is 0 Å². The summed E-state index contributed by atoms with van der Waals surface area (Å²) in [5.41, 5.74) is 0. The molecule has 0 saturated carbocycles. The lowest BCUT2D eigenvalue weighted by Gasteiger charge is -2.05. The molecule has 0 fully saturated rings. The molecule has 0 amide bonds. The molecule has 0 spiro atoms. The Morgan fingerprint density at radius 1 is 1.50 bits per heavy atom. The number of carbonyl (C=O) groups is 1. The van der Waals surface area contributed by atoms with Gasteiger partial charge < -0.3 is 11.0 Å². The first kappa shape index (κ1) is 10.4. The first-order valence-corrected chi connectivity index (χ1v) is 1.99. The molecule has 0 aliphatic rings. The summed E-state index contributed by atoms with van der Waals surface area (Å²) in [4.78, 5) is 14.4. The van der Waals surface area contributed by atoms with Gasteiger partial charge >= 0.3 is 5.97 Å². The third-order valence-corrected chi connectivity index (χ3v) is 0.311. The summed E-state index contributed by atoms with van der Waals surface area (Å²) in [5.74, 6) is -0.287. The Bertz CT molecular complexity index is 72.4. The van der Waals surface area contributed by atoms with Crippen molar-refractivity contribution in [2.75, 3.05) is 14.1 Å². The van der Waals surface area contributed by atoms with Crippen molar-refractivity contribution in [3.63, 3.8) is 0 Å². The van der Waals surface area contributed by atoms with E-state index in [0.717, 1.165) is 0 Å². The minimum Gasteiger partial charge on any atom is -0.369 e. The van der Waals surface area contributed by atoms with E-state index >= 15 is 0 Å². The SMILES string of the molecule is CC(=O)ON(C)C.N. The number of carbonyl (C=O) groups excluding carboxylic acids is 1. The molecule has 0 aliphatic heterocycles. The van der Waals surface area contributed by atoms with Gasteiger partial charge in [-0.25, -0.2) is 0 Å². The number of rotatable bonds is 1. The van der Waals surface area contributed by atoms with Crippen molar-refractivity contribution >= 4 is 5.97 Å². The smallest absolute Gasteiger partial charge is 0.321 e. The second-order valence-corrected chi connectivity index (χ2v) is 1.40. The van der Waals surface area contributed by atoms with Gasteiger partial charge in [-0.2, -0.15) is 0 Å². The maximum Gasteiger partial charge on any atom is 0.321 e. The van der Waals surface area contributed by atoms with Crippen LogP contribution >= 0.6 is 0 Å². The quantitative estimate of drug-likeness (QED) is 0.501. The highest BCUT2D eigenvalue weighted by Crippen LogP contribution is 1.76. The minimum atomic E-state index is -0.287. The van der Waals surface area contributed by atoms with Gasteiger partial charge in [0.1, 0.15) is 0 Å². The van der Waals surface area contributed by atoms with Crippen molar-refractivity contribution < 1.29 is 9.63 Å². The molecule has 0 heterocycles. The molecule has 0 aromatic carbocycles. The van der Waals surface area contributed by atoms with Crippen molar-refractivity contribution in [2.45, 2.75) is 6.92 Å². The van der Waals surface area contributed by atoms with E-state index in [4.69, 9.17) is 0 Å². The summed E-state index contributed by atoms with van der Waals surface area (Å²) >= 11 is 0. The molecule has 0 atom stereocenters. The molecule has 8 heavy (non-hydrogen) atoms. The molecule has 0 aliphatic carbocycles. The van der Waals surface area contributed by atoms with Crippen molar-refractivity contribution in [3.8, 4) is 0 Å². The second-order valence-electron chi connectivity index (χ2n) is 1.40. The standard InChI is InChI=1S/C4H9NO2.H3N/c1-4(6)7-5(2)3;/h1-3H3;1H3. The monoisotopic (exact) mass is 120 g/mol. The first-order valence-electron chi connectivity index (χ1n) is 1.99. The lowest BCUT2D eigenvalue weighted by Crippen LogP contribution is -2.15. The third-order valence-electron chi connectivity index (χ3n) is 0.311. The van der Waals surface area contributed by atoms with Crippen LogP contribution < -0.4 is 6.15 Å². The fourth-order valence-electron chi connectivity index (χ4n) is 0.257. The summed E-state index contributed by atoms with van der Waals surface area (Å²) in [6, 6.07) is 0. The van der Waals surface area contributed by atoms with Gasteiger partial charge in [-0.3, -0.25) is 4.79 Å². The van der Waals surface area contributed by atoms with Gasteiger partial charge in [0.05, 0.1) is 0 Å². The van der Waals surface area contributed by atoms with Crippen LogP contribution in [0.3, 0.4) is 0 Å². The van der Waals surface area contributed by atoms with E-state index in [1.807, 2.05) is 0 Å². The van der Waals surface area contributed by atoms with Gasteiger partial charge in [0.15, 0.2) is 0 Å². The fourth-order valence-corrected chi connectivity index (χ4v) is 0.257. The van der Waals surface area contributed by atoms with Gasteiger partial charge in [0, 0.05) is 21.0 Å². The highest BCUT2D eigenvalue weighted by molar-refractivity contribution is 5.65. The van der Waals surface area contributed by atoms with E-state index in [2.05, 4.69) is 4.84 Å². The summed E-state index contributed by atoms with van der Waals surface area (Å²) in [6.45, 7) is 1.36. The zero-order valence-electron chi connectivity index (χ0n) is 5.47.